The Bertz CT molecular complexity index is 861. The number of aliphatic carboxylic acids is 1. The highest BCUT2D eigenvalue weighted by atomic mass is 16.5. The summed E-state index contributed by atoms with van der Waals surface area (Å²) in [5.74, 6) is -0.713. The number of hydrogen-bond donors (Lipinski definition) is 1. The number of allylic oxidation sites excluding steroid dienone is 12. The Morgan fingerprint density at radius 1 is 0.500 bits per heavy atom. The smallest absolute Gasteiger partial charge is 0.306 e. The maximum absolute atomic E-state index is 12.5. The molecule has 0 aromatic rings. The summed E-state index contributed by atoms with van der Waals surface area (Å²) in [5, 5.41) is 8.71. The fourth-order valence-corrected chi connectivity index (χ4v) is 5.19. The molecule has 0 saturated heterocycles. The molecule has 1 atom stereocenters. The van der Waals surface area contributed by atoms with Crippen LogP contribution in [-0.4, -0.2) is 23.1 Å². The molecule has 4 heteroatoms. The molecular weight excluding hydrogens is 568 g/mol. The lowest BCUT2D eigenvalue weighted by atomic mass is 10.0. The van der Waals surface area contributed by atoms with Gasteiger partial charge in [-0.1, -0.05) is 145 Å². The van der Waals surface area contributed by atoms with Crippen LogP contribution >= 0.6 is 0 Å². The van der Waals surface area contributed by atoms with Gasteiger partial charge in [0.05, 0.1) is 0 Å². The lowest BCUT2D eigenvalue weighted by molar-refractivity contribution is -0.150. The number of carboxylic acids is 1. The second-order valence-electron chi connectivity index (χ2n) is 12.4. The van der Waals surface area contributed by atoms with Gasteiger partial charge < -0.3 is 9.84 Å². The molecule has 0 fully saturated rings. The van der Waals surface area contributed by atoms with E-state index in [-0.39, 0.29) is 12.1 Å². The van der Waals surface area contributed by atoms with Gasteiger partial charge in [0.2, 0.25) is 0 Å². The molecule has 262 valence electrons. The van der Waals surface area contributed by atoms with Crippen LogP contribution in [0.15, 0.2) is 72.9 Å². The lowest BCUT2D eigenvalue weighted by Crippen LogP contribution is -2.18. The second kappa shape index (κ2) is 36.8. The van der Waals surface area contributed by atoms with Crippen molar-refractivity contribution in [1.82, 2.24) is 0 Å². The predicted octanol–water partition coefficient (Wildman–Crippen LogP) is 13.1. The summed E-state index contributed by atoms with van der Waals surface area (Å²) in [5.41, 5.74) is 0. The van der Waals surface area contributed by atoms with E-state index in [1.54, 1.807) is 0 Å². The van der Waals surface area contributed by atoms with Gasteiger partial charge in [-0.05, 0) is 89.9 Å². The van der Waals surface area contributed by atoms with Crippen LogP contribution in [0.1, 0.15) is 174 Å². The molecule has 0 aromatic carbocycles. The largest absolute Gasteiger partial charge is 0.481 e. The van der Waals surface area contributed by atoms with Crippen molar-refractivity contribution in [2.75, 3.05) is 0 Å². The van der Waals surface area contributed by atoms with Gasteiger partial charge in [-0.25, -0.2) is 0 Å². The van der Waals surface area contributed by atoms with Gasteiger partial charge in [-0.3, -0.25) is 9.59 Å². The van der Waals surface area contributed by atoms with Crippen molar-refractivity contribution in [3.8, 4) is 0 Å². The molecular formula is C42H70O4. The van der Waals surface area contributed by atoms with Gasteiger partial charge in [0.1, 0.15) is 6.10 Å². The number of ether oxygens (including phenoxy) is 1. The van der Waals surface area contributed by atoms with E-state index in [2.05, 4.69) is 86.8 Å². The van der Waals surface area contributed by atoms with Crippen molar-refractivity contribution >= 4 is 11.9 Å². The molecule has 0 aliphatic heterocycles. The zero-order valence-corrected chi connectivity index (χ0v) is 29.9. The molecule has 1 N–H and O–H groups in total. The fraction of sp³-hybridized carbons (Fsp3) is 0.667. The van der Waals surface area contributed by atoms with Gasteiger partial charge in [0, 0.05) is 12.8 Å². The van der Waals surface area contributed by atoms with E-state index in [9.17, 15) is 9.59 Å². The summed E-state index contributed by atoms with van der Waals surface area (Å²) in [4.78, 5) is 23.1. The van der Waals surface area contributed by atoms with E-state index in [4.69, 9.17) is 9.84 Å². The van der Waals surface area contributed by atoms with Gasteiger partial charge in [0.25, 0.3) is 0 Å². The third-order valence-corrected chi connectivity index (χ3v) is 7.94. The fourth-order valence-electron chi connectivity index (χ4n) is 5.19. The summed E-state index contributed by atoms with van der Waals surface area (Å²) in [6, 6.07) is 0. The van der Waals surface area contributed by atoms with Gasteiger partial charge in [-0.15, -0.1) is 0 Å². The topological polar surface area (TPSA) is 63.6 Å². The summed E-state index contributed by atoms with van der Waals surface area (Å²) in [7, 11) is 0. The van der Waals surface area contributed by atoms with Crippen LogP contribution in [0.5, 0.6) is 0 Å². The highest BCUT2D eigenvalue weighted by Gasteiger charge is 2.14. The maximum Gasteiger partial charge on any atom is 0.306 e. The SMILES string of the molecule is CC/C=C\C/C=C\C/C=C\C/C=C\C/C=C\C/C=C\CCCCC(=O)OC(CCCCCC)CCCCCCCCCCC(=O)O. The van der Waals surface area contributed by atoms with Crippen LogP contribution in [0.4, 0.5) is 0 Å². The molecule has 0 bridgehead atoms. The summed E-state index contributed by atoms with van der Waals surface area (Å²) in [6.45, 7) is 4.38. The molecule has 0 aromatic heterocycles. The van der Waals surface area contributed by atoms with E-state index in [1.807, 2.05) is 0 Å². The number of carbonyl (C=O) groups is 2. The van der Waals surface area contributed by atoms with Gasteiger partial charge in [0.15, 0.2) is 0 Å². The first kappa shape index (κ1) is 43.4. The van der Waals surface area contributed by atoms with E-state index in [0.717, 1.165) is 103 Å². The Morgan fingerprint density at radius 2 is 0.913 bits per heavy atom. The first-order chi connectivity index (χ1) is 22.6. The standard InChI is InChI=1S/C42H70O4/c1-3-5-7-9-10-11-12-13-14-15-16-17-18-19-20-21-22-23-28-31-35-39-42(45)46-40(36-32-8-6-4-2)37-33-29-26-24-25-27-30-34-38-41(43)44/h5,7,10-11,13-14,16-17,19-20,22-23,40H,3-4,6,8-9,12,15,18,21,24-39H2,1-2H3,(H,43,44)/b7-5-,11-10-,14-13-,17-16-,20-19-,23-22-. The van der Waals surface area contributed by atoms with Crippen LogP contribution in [0.3, 0.4) is 0 Å². The number of hydrogen-bond acceptors (Lipinski definition) is 3. The second-order valence-corrected chi connectivity index (χ2v) is 12.4. The molecule has 4 nitrogen and oxygen atoms in total. The highest BCUT2D eigenvalue weighted by molar-refractivity contribution is 5.69. The number of carboxylic acid groups (broad SMARTS) is 1. The third kappa shape index (κ3) is 35.9. The average Bonchev–Trinajstić information content (AvgIpc) is 3.04. The molecule has 0 saturated carbocycles. The van der Waals surface area contributed by atoms with Crippen molar-refractivity contribution in [3.05, 3.63) is 72.9 Å². The van der Waals surface area contributed by atoms with E-state index in [0.29, 0.717) is 12.8 Å². The molecule has 0 amide bonds. The molecule has 0 radical (unpaired) electrons. The lowest BCUT2D eigenvalue weighted by Gasteiger charge is -2.18. The number of rotatable bonds is 33. The van der Waals surface area contributed by atoms with Crippen molar-refractivity contribution in [3.63, 3.8) is 0 Å². The third-order valence-electron chi connectivity index (χ3n) is 7.94. The van der Waals surface area contributed by atoms with Crippen molar-refractivity contribution in [2.45, 2.75) is 180 Å². The van der Waals surface area contributed by atoms with Crippen LogP contribution in [-0.2, 0) is 14.3 Å². The normalized spacial score (nSPS) is 13.1. The molecule has 0 aliphatic carbocycles. The Morgan fingerprint density at radius 3 is 1.39 bits per heavy atom. The van der Waals surface area contributed by atoms with Crippen molar-refractivity contribution in [1.29, 1.82) is 0 Å². The van der Waals surface area contributed by atoms with Crippen LogP contribution < -0.4 is 0 Å². The molecule has 46 heavy (non-hydrogen) atoms. The number of carbonyl (C=O) groups excluding carboxylic acids is 1. The number of unbranched alkanes of at least 4 members (excludes halogenated alkanes) is 12. The minimum absolute atomic E-state index is 0.0235. The number of esters is 1. The maximum atomic E-state index is 12.5. The quantitative estimate of drug-likeness (QED) is 0.0441. The van der Waals surface area contributed by atoms with Crippen molar-refractivity contribution < 1.29 is 19.4 Å². The molecule has 0 heterocycles. The first-order valence-corrected chi connectivity index (χ1v) is 18.9. The van der Waals surface area contributed by atoms with Crippen molar-refractivity contribution in [2.24, 2.45) is 0 Å². The molecule has 1 unspecified atom stereocenters. The zero-order valence-electron chi connectivity index (χ0n) is 29.9. The minimum atomic E-state index is -0.689. The predicted molar refractivity (Wildman–Crippen MR) is 199 cm³/mol. The summed E-state index contributed by atoms with van der Waals surface area (Å²) < 4.78 is 5.94. The van der Waals surface area contributed by atoms with Crippen LogP contribution in [0.25, 0.3) is 0 Å². The minimum Gasteiger partial charge on any atom is -0.481 e. The average molecular weight is 639 g/mol. The highest BCUT2D eigenvalue weighted by Crippen LogP contribution is 2.18. The van der Waals surface area contributed by atoms with Gasteiger partial charge >= 0.3 is 11.9 Å². The molecule has 0 spiro atoms. The summed E-state index contributed by atoms with van der Waals surface area (Å²) in [6.07, 6.45) is 52.2. The van der Waals surface area contributed by atoms with E-state index in [1.165, 1.54) is 44.9 Å². The first-order valence-electron chi connectivity index (χ1n) is 18.9. The zero-order chi connectivity index (χ0) is 33.6. The Hall–Kier alpha value is -2.62. The van der Waals surface area contributed by atoms with Crippen LogP contribution in [0, 0.1) is 0 Å². The van der Waals surface area contributed by atoms with Gasteiger partial charge in [-0.2, -0.15) is 0 Å². The Labute approximate surface area is 284 Å². The van der Waals surface area contributed by atoms with E-state index >= 15 is 0 Å². The van der Waals surface area contributed by atoms with E-state index < -0.39 is 5.97 Å². The molecule has 0 aliphatic rings. The Balaban J connectivity index is 3.94. The summed E-state index contributed by atoms with van der Waals surface area (Å²) >= 11 is 0. The monoisotopic (exact) mass is 639 g/mol. The molecule has 0 rings (SSSR count). The van der Waals surface area contributed by atoms with Crippen LogP contribution in [0.2, 0.25) is 0 Å². The Kier molecular flexibility index (Phi) is 34.7.